The molecule has 1 saturated heterocycles. The number of piperidine rings is 1. The molecule has 0 aromatic carbocycles. The van der Waals surface area contributed by atoms with Crippen molar-refractivity contribution < 1.29 is 19.1 Å². The molecule has 1 heterocycles. The molecule has 2 N–H and O–H groups in total. The van der Waals surface area contributed by atoms with Crippen molar-refractivity contribution in [3.05, 3.63) is 0 Å². The van der Waals surface area contributed by atoms with E-state index in [-0.39, 0.29) is 24.4 Å². The van der Waals surface area contributed by atoms with Gasteiger partial charge in [-0.2, -0.15) is 0 Å². The summed E-state index contributed by atoms with van der Waals surface area (Å²) < 4.78 is 5.08. The molecule has 0 aliphatic carbocycles. The number of nitrogens with one attached hydrogen (secondary N) is 2. The number of carbonyl (C=O) groups excluding carboxylic acids is 3. The number of likely N-dealkylation sites (tertiary alicyclic amines) is 1. The molecule has 0 aromatic rings. The van der Waals surface area contributed by atoms with Crippen LogP contribution in [0, 0.1) is 0 Å². The van der Waals surface area contributed by atoms with Gasteiger partial charge in [0.05, 0.1) is 0 Å². The lowest BCUT2D eigenvalue weighted by Gasteiger charge is -2.32. The first kappa shape index (κ1) is 19.5. The van der Waals surface area contributed by atoms with E-state index in [0.29, 0.717) is 25.9 Å². The van der Waals surface area contributed by atoms with E-state index in [2.05, 4.69) is 10.6 Å². The highest BCUT2D eigenvalue weighted by atomic mass is 35.5. The number of halogens is 1. The average Bonchev–Trinajstić information content (AvgIpc) is 2.43. The van der Waals surface area contributed by atoms with Crippen LogP contribution in [0.15, 0.2) is 0 Å². The lowest BCUT2D eigenvalue weighted by molar-refractivity contribution is -0.131. The summed E-state index contributed by atoms with van der Waals surface area (Å²) >= 11 is 5.71. The Kier molecular flexibility index (Phi) is 7.12. The van der Waals surface area contributed by atoms with Crippen LogP contribution in [0.3, 0.4) is 0 Å². The van der Waals surface area contributed by atoms with Crippen LogP contribution in [0.1, 0.15) is 40.5 Å². The van der Waals surface area contributed by atoms with Crippen LogP contribution in [-0.4, -0.2) is 59.5 Å². The molecule has 0 spiro atoms. The molecule has 0 radical (unpaired) electrons. The Labute approximate surface area is 142 Å². The molecule has 0 aromatic heterocycles. The van der Waals surface area contributed by atoms with Gasteiger partial charge in [-0.1, -0.05) is 0 Å². The Bertz CT molecular complexity index is 440. The largest absolute Gasteiger partial charge is 0.444 e. The highest BCUT2D eigenvalue weighted by Gasteiger charge is 2.25. The van der Waals surface area contributed by atoms with E-state index >= 15 is 0 Å². The van der Waals surface area contributed by atoms with Gasteiger partial charge in [-0.3, -0.25) is 9.59 Å². The Morgan fingerprint density at radius 2 is 1.83 bits per heavy atom. The predicted octanol–water partition coefficient (Wildman–Crippen LogP) is 1.25. The van der Waals surface area contributed by atoms with Crippen molar-refractivity contribution in [2.45, 2.75) is 57.6 Å². The number of rotatable bonds is 4. The Balaban J connectivity index is 2.30. The van der Waals surface area contributed by atoms with Gasteiger partial charge in [-0.25, -0.2) is 4.79 Å². The highest BCUT2D eigenvalue weighted by molar-refractivity contribution is 6.30. The first-order chi connectivity index (χ1) is 10.6. The summed E-state index contributed by atoms with van der Waals surface area (Å²) in [6, 6.07) is 0.0339. The minimum absolute atomic E-state index is 0.0339. The van der Waals surface area contributed by atoms with E-state index in [4.69, 9.17) is 16.3 Å². The van der Waals surface area contributed by atoms with Crippen LogP contribution in [0.25, 0.3) is 0 Å². The lowest BCUT2D eigenvalue weighted by atomic mass is 10.0. The minimum atomic E-state index is -0.607. The van der Waals surface area contributed by atoms with Gasteiger partial charge in [0.1, 0.15) is 17.5 Å². The van der Waals surface area contributed by atoms with Gasteiger partial charge in [0.25, 0.3) is 0 Å². The van der Waals surface area contributed by atoms with Crippen LogP contribution in [0.5, 0.6) is 0 Å². The van der Waals surface area contributed by atoms with E-state index in [9.17, 15) is 14.4 Å². The number of amides is 3. The molecule has 0 saturated carbocycles. The van der Waals surface area contributed by atoms with E-state index in [1.165, 1.54) is 0 Å². The van der Waals surface area contributed by atoms with Gasteiger partial charge in [0, 0.05) is 19.1 Å². The molecule has 23 heavy (non-hydrogen) atoms. The second-order valence-corrected chi connectivity index (χ2v) is 7.29. The number of alkyl carbamates (subject to hydrolysis) is 1. The molecule has 1 aliphatic heterocycles. The average molecular weight is 348 g/mol. The molecule has 1 aliphatic rings. The number of nitrogens with zero attached hydrogens (tertiary/aromatic N) is 1. The summed E-state index contributed by atoms with van der Waals surface area (Å²) in [5.74, 6) is -0.352. The number of hydrogen-bond acceptors (Lipinski definition) is 4. The van der Waals surface area contributed by atoms with Gasteiger partial charge in [-0.05, 0) is 40.5 Å². The molecule has 132 valence electrons. The minimum Gasteiger partial charge on any atom is -0.444 e. The quantitative estimate of drug-likeness (QED) is 0.749. The van der Waals surface area contributed by atoms with Crippen LogP contribution in [0.2, 0.25) is 0 Å². The monoisotopic (exact) mass is 347 g/mol. The second kappa shape index (κ2) is 8.38. The Morgan fingerprint density at radius 3 is 2.30 bits per heavy atom. The lowest BCUT2D eigenvalue weighted by Crippen LogP contribution is -2.50. The van der Waals surface area contributed by atoms with Gasteiger partial charge < -0.3 is 20.3 Å². The molecule has 7 nitrogen and oxygen atoms in total. The third-order valence-electron chi connectivity index (χ3n) is 3.34. The van der Waals surface area contributed by atoms with Crippen LogP contribution < -0.4 is 10.6 Å². The third-order valence-corrected chi connectivity index (χ3v) is 3.54. The molecular weight excluding hydrogens is 322 g/mol. The van der Waals surface area contributed by atoms with Crippen molar-refractivity contribution in [3.63, 3.8) is 0 Å². The Hall–Kier alpha value is -1.50. The fourth-order valence-corrected chi connectivity index (χ4v) is 2.23. The maximum atomic E-state index is 12.1. The zero-order valence-corrected chi connectivity index (χ0v) is 14.9. The smallest absolute Gasteiger partial charge is 0.408 e. The molecule has 1 rings (SSSR count). The fourth-order valence-electron chi connectivity index (χ4n) is 2.16. The molecule has 3 amide bonds. The fraction of sp³-hybridized carbons (Fsp3) is 0.800. The van der Waals surface area contributed by atoms with Crippen molar-refractivity contribution in [2.75, 3.05) is 19.6 Å². The van der Waals surface area contributed by atoms with E-state index in [0.717, 1.165) is 0 Å². The third kappa shape index (κ3) is 7.54. The summed E-state index contributed by atoms with van der Waals surface area (Å²) in [7, 11) is 0. The first-order valence-electron chi connectivity index (χ1n) is 7.77. The van der Waals surface area contributed by atoms with Gasteiger partial charge >= 0.3 is 6.09 Å². The normalized spacial score (nSPS) is 17.3. The van der Waals surface area contributed by atoms with E-state index in [1.54, 1.807) is 32.6 Å². The maximum Gasteiger partial charge on any atom is 0.408 e. The standard InChI is InChI=1S/C15H26ClN3O4/c1-10(16)13(21)18-11-5-7-19(8-6-11)12(20)9-17-14(22)23-15(2,3)4/h10-11H,5-9H2,1-4H3,(H,17,22)(H,18,21). The van der Waals surface area contributed by atoms with Gasteiger partial charge in [0.15, 0.2) is 0 Å². The number of carbonyl (C=O) groups is 3. The predicted molar refractivity (Wildman–Crippen MR) is 87.3 cm³/mol. The summed E-state index contributed by atoms with van der Waals surface area (Å²) in [5.41, 5.74) is -0.594. The summed E-state index contributed by atoms with van der Waals surface area (Å²) in [4.78, 5) is 36.8. The highest BCUT2D eigenvalue weighted by Crippen LogP contribution is 2.11. The molecule has 1 fully saturated rings. The zero-order valence-electron chi connectivity index (χ0n) is 14.1. The van der Waals surface area contributed by atoms with Crippen molar-refractivity contribution >= 4 is 29.5 Å². The topological polar surface area (TPSA) is 87.7 Å². The number of alkyl halides is 1. The van der Waals surface area contributed by atoms with Gasteiger partial charge in [0.2, 0.25) is 11.8 Å². The molecule has 1 unspecified atom stereocenters. The summed E-state index contributed by atoms with van der Waals surface area (Å²) in [6.07, 6.45) is 0.741. The van der Waals surface area contributed by atoms with Crippen LogP contribution in [-0.2, 0) is 14.3 Å². The first-order valence-corrected chi connectivity index (χ1v) is 8.21. The zero-order chi connectivity index (χ0) is 17.6. The van der Waals surface area contributed by atoms with Crippen LogP contribution >= 0.6 is 11.6 Å². The summed E-state index contributed by atoms with van der Waals surface area (Å²) in [5, 5.41) is 4.75. The van der Waals surface area contributed by atoms with Crippen molar-refractivity contribution in [1.82, 2.24) is 15.5 Å². The molecule has 1 atom stereocenters. The van der Waals surface area contributed by atoms with Crippen molar-refractivity contribution in [2.24, 2.45) is 0 Å². The molecule has 8 heteroatoms. The number of ether oxygens (including phenoxy) is 1. The van der Waals surface area contributed by atoms with E-state index in [1.807, 2.05) is 0 Å². The molecule has 0 bridgehead atoms. The maximum absolute atomic E-state index is 12.1. The van der Waals surface area contributed by atoms with Crippen molar-refractivity contribution in [3.8, 4) is 0 Å². The summed E-state index contributed by atoms with van der Waals surface area (Å²) in [6.45, 7) is 7.88. The Morgan fingerprint density at radius 1 is 1.26 bits per heavy atom. The van der Waals surface area contributed by atoms with Crippen LogP contribution in [0.4, 0.5) is 4.79 Å². The van der Waals surface area contributed by atoms with Crippen molar-refractivity contribution in [1.29, 1.82) is 0 Å². The second-order valence-electron chi connectivity index (χ2n) is 6.64. The molecular formula is C15H26ClN3O4. The van der Waals surface area contributed by atoms with Gasteiger partial charge in [-0.15, -0.1) is 11.6 Å². The van der Waals surface area contributed by atoms with E-state index < -0.39 is 17.1 Å². The number of hydrogen-bond donors (Lipinski definition) is 2. The SMILES string of the molecule is CC(Cl)C(=O)NC1CCN(C(=O)CNC(=O)OC(C)(C)C)CC1.